The van der Waals surface area contributed by atoms with E-state index in [0.29, 0.717) is 16.5 Å². The molecule has 0 fully saturated rings. The van der Waals surface area contributed by atoms with E-state index in [0.717, 1.165) is 16.0 Å². The van der Waals surface area contributed by atoms with Gasteiger partial charge in [-0.15, -0.1) is 11.3 Å². The fourth-order valence-electron chi connectivity index (χ4n) is 2.72. The van der Waals surface area contributed by atoms with Crippen molar-refractivity contribution in [3.8, 4) is 11.1 Å². The number of carboxylic acid groups (broad SMARTS) is 1. The Balaban J connectivity index is 2.42. The number of ether oxygens (including phenoxy) is 1. The molecule has 1 aromatic heterocycles. The van der Waals surface area contributed by atoms with Gasteiger partial charge in [-0.2, -0.15) is 0 Å². The quantitative estimate of drug-likeness (QED) is 0.683. The lowest BCUT2D eigenvalue weighted by atomic mass is 9.97. The Bertz CT molecular complexity index is 852. The van der Waals surface area contributed by atoms with Crippen LogP contribution in [0.15, 0.2) is 24.3 Å². The zero-order chi connectivity index (χ0) is 20.1. The molecule has 2 rings (SSSR count). The SMILES string of the molecule is COC(=O)c1c(NC(=O)CCC(=O)O)sc(C)c1-c1ccc(C(C)C)cc1. The number of aryl methyl sites for hydroxylation is 1. The summed E-state index contributed by atoms with van der Waals surface area (Å²) in [5.74, 6) is -1.65. The number of carbonyl (C=O) groups is 3. The molecule has 6 nitrogen and oxygen atoms in total. The van der Waals surface area contributed by atoms with Crippen molar-refractivity contribution in [1.82, 2.24) is 0 Å². The second-order valence-electron chi connectivity index (χ2n) is 6.45. The first-order valence-electron chi connectivity index (χ1n) is 8.58. The lowest BCUT2D eigenvalue weighted by Gasteiger charge is -2.10. The van der Waals surface area contributed by atoms with Crippen molar-refractivity contribution in [2.75, 3.05) is 12.4 Å². The molecule has 0 saturated carbocycles. The molecule has 0 aliphatic rings. The van der Waals surface area contributed by atoms with E-state index in [1.807, 2.05) is 31.2 Å². The molecular formula is C20H23NO5S. The van der Waals surface area contributed by atoms with Crippen LogP contribution in [0.3, 0.4) is 0 Å². The van der Waals surface area contributed by atoms with E-state index in [2.05, 4.69) is 19.2 Å². The van der Waals surface area contributed by atoms with E-state index in [1.165, 1.54) is 24.0 Å². The summed E-state index contributed by atoms with van der Waals surface area (Å²) in [4.78, 5) is 35.9. The largest absolute Gasteiger partial charge is 0.481 e. The molecule has 1 amide bonds. The van der Waals surface area contributed by atoms with Crippen LogP contribution in [0.2, 0.25) is 0 Å². The van der Waals surface area contributed by atoms with Gasteiger partial charge in [-0.1, -0.05) is 38.1 Å². The van der Waals surface area contributed by atoms with Crippen molar-refractivity contribution >= 4 is 34.2 Å². The number of aliphatic carboxylic acids is 1. The Morgan fingerprint density at radius 1 is 1.15 bits per heavy atom. The second kappa shape index (κ2) is 8.81. The maximum Gasteiger partial charge on any atom is 0.341 e. The van der Waals surface area contributed by atoms with Gasteiger partial charge in [0.05, 0.1) is 13.5 Å². The minimum absolute atomic E-state index is 0.161. The molecule has 0 aliphatic heterocycles. The Morgan fingerprint density at radius 2 is 1.78 bits per heavy atom. The Kier molecular flexibility index (Phi) is 6.74. The standard InChI is InChI=1S/C20H23NO5S/c1-11(2)13-5-7-14(8-6-13)17-12(3)27-19(18(17)20(25)26-4)21-15(22)9-10-16(23)24/h5-8,11H,9-10H2,1-4H3,(H,21,22)(H,23,24). The Morgan fingerprint density at radius 3 is 2.30 bits per heavy atom. The third-order valence-electron chi connectivity index (χ3n) is 4.16. The van der Waals surface area contributed by atoms with Crippen LogP contribution in [0.5, 0.6) is 0 Å². The number of anilines is 1. The number of amides is 1. The molecule has 2 aromatic rings. The molecule has 7 heteroatoms. The van der Waals surface area contributed by atoms with E-state index in [4.69, 9.17) is 9.84 Å². The van der Waals surface area contributed by atoms with Gasteiger partial charge in [0, 0.05) is 16.9 Å². The minimum Gasteiger partial charge on any atom is -0.481 e. The summed E-state index contributed by atoms with van der Waals surface area (Å²) < 4.78 is 4.92. The van der Waals surface area contributed by atoms with Crippen LogP contribution in [0.4, 0.5) is 5.00 Å². The number of hydrogen-bond donors (Lipinski definition) is 2. The molecule has 0 spiro atoms. The van der Waals surface area contributed by atoms with Gasteiger partial charge in [-0.25, -0.2) is 4.79 Å². The minimum atomic E-state index is -1.05. The highest BCUT2D eigenvalue weighted by Gasteiger charge is 2.25. The predicted molar refractivity (Wildman–Crippen MR) is 105 cm³/mol. The first-order chi connectivity index (χ1) is 12.7. The average molecular weight is 389 g/mol. The lowest BCUT2D eigenvalue weighted by Crippen LogP contribution is -2.15. The van der Waals surface area contributed by atoms with Crippen LogP contribution < -0.4 is 5.32 Å². The van der Waals surface area contributed by atoms with Crippen LogP contribution in [-0.4, -0.2) is 30.1 Å². The van der Waals surface area contributed by atoms with Gasteiger partial charge in [0.25, 0.3) is 0 Å². The van der Waals surface area contributed by atoms with Crippen molar-refractivity contribution in [2.24, 2.45) is 0 Å². The van der Waals surface area contributed by atoms with Gasteiger partial charge in [0.1, 0.15) is 10.6 Å². The number of nitrogens with one attached hydrogen (secondary N) is 1. The summed E-state index contributed by atoms with van der Waals surface area (Å²) in [5, 5.41) is 11.7. The molecule has 0 aliphatic carbocycles. The van der Waals surface area contributed by atoms with E-state index < -0.39 is 17.8 Å². The summed E-state index contributed by atoms with van der Waals surface area (Å²) in [6, 6.07) is 7.94. The maximum atomic E-state index is 12.4. The second-order valence-corrected chi connectivity index (χ2v) is 7.67. The van der Waals surface area contributed by atoms with Crippen molar-refractivity contribution < 1.29 is 24.2 Å². The zero-order valence-corrected chi connectivity index (χ0v) is 16.6. The van der Waals surface area contributed by atoms with Gasteiger partial charge >= 0.3 is 11.9 Å². The summed E-state index contributed by atoms with van der Waals surface area (Å²) in [5.41, 5.74) is 3.06. The lowest BCUT2D eigenvalue weighted by molar-refractivity contribution is -0.138. The fraction of sp³-hybridized carbons (Fsp3) is 0.350. The number of hydrogen-bond acceptors (Lipinski definition) is 5. The highest BCUT2D eigenvalue weighted by Crippen LogP contribution is 2.40. The van der Waals surface area contributed by atoms with Crippen molar-refractivity contribution in [2.45, 2.75) is 39.5 Å². The molecule has 0 saturated heterocycles. The van der Waals surface area contributed by atoms with Gasteiger partial charge in [-0.3, -0.25) is 9.59 Å². The van der Waals surface area contributed by atoms with Crippen LogP contribution in [0, 0.1) is 6.92 Å². The number of thiophene rings is 1. The Hall–Kier alpha value is -2.67. The molecule has 0 unspecified atom stereocenters. The number of rotatable bonds is 7. The van der Waals surface area contributed by atoms with Crippen LogP contribution in [-0.2, 0) is 14.3 Å². The third-order valence-corrected chi connectivity index (χ3v) is 5.18. The molecule has 1 aromatic carbocycles. The molecular weight excluding hydrogens is 366 g/mol. The van der Waals surface area contributed by atoms with Crippen LogP contribution in [0.1, 0.15) is 53.4 Å². The third kappa shape index (κ3) is 4.95. The van der Waals surface area contributed by atoms with Gasteiger partial charge in [0.2, 0.25) is 5.91 Å². The summed E-state index contributed by atoms with van der Waals surface area (Å²) >= 11 is 1.27. The molecule has 0 radical (unpaired) electrons. The summed E-state index contributed by atoms with van der Waals surface area (Å²) in [7, 11) is 1.29. The van der Waals surface area contributed by atoms with Gasteiger partial charge in [0.15, 0.2) is 0 Å². The monoisotopic (exact) mass is 389 g/mol. The normalized spacial score (nSPS) is 10.7. The van der Waals surface area contributed by atoms with Crippen molar-refractivity contribution in [1.29, 1.82) is 0 Å². The van der Waals surface area contributed by atoms with Crippen molar-refractivity contribution in [3.63, 3.8) is 0 Å². The number of benzene rings is 1. The number of esters is 1. The summed E-state index contributed by atoms with van der Waals surface area (Å²) in [6.45, 7) is 6.08. The molecule has 0 bridgehead atoms. The predicted octanol–water partition coefficient (Wildman–Crippen LogP) is 4.44. The van der Waals surface area contributed by atoms with E-state index >= 15 is 0 Å². The fourth-order valence-corrected chi connectivity index (χ4v) is 3.80. The number of methoxy groups -OCH3 is 1. The van der Waals surface area contributed by atoms with E-state index in [9.17, 15) is 14.4 Å². The Labute approximate surface area is 162 Å². The zero-order valence-electron chi connectivity index (χ0n) is 15.8. The van der Waals surface area contributed by atoms with Crippen LogP contribution >= 0.6 is 11.3 Å². The first-order valence-corrected chi connectivity index (χ1v) is 9.39. The molecule has 144 valence electrons. The smallest absolute Gasteiger partial charge is 0.341 e. The molecule has 1 heterocycles. The number of carboxylic acids is 1. The number of carbonyl (C=O) groups excluding carboxylic acids is 2. The van der Waals surface area contributed by atoms with Gasteiger partial charge in [-0.05, 0) is 24.0 Å². The van der Waals surface area contributed by atoms with Crippen molar-refractivity contribution in [3.05, 3.63) is 40.3 Å². The van der Waals surface area contributed by atoms with E-state index in [-0.39, 0.29) is 12.8 Å². The first kappa shape index (κ1) is 20.6. The molecule has 0 atom stereocenters. The maximum absolute atomic E-state index is 12.4. The average Bonchev–Trinajstić information content (AvgIpc) is 2.95. The topological polar surface area (TPSA) is 92.7 Å². The molecule has 27 heavy (non-hydrogen) atoms. The van der Waals surface area contributed by atoms with Gasteiger partial charge < -0.3 is 15.2 Å². The van der Waals surface area contributed by atoms with Crippen LogP contribution in [0.25, 0.3) is 11.1 Å². The highest BCUT2D eigenvalue weighted by molar-refractivity contribution is 7.17. The highest BCUT2D eigenvalue weighted by atomic mass is 32.1. The summed E-state index contributed by atoms with van der Waals surface area (Å²) in [6.07, 6.45) is -0.432. The molecule has 2 N–H and O–H groups in total. The van der Waals surface area contributed by atoms with E-state index in [1.54, 1.807) is 0 Å².